The molecule has 36 heavy (non-hydrogen) atoms. The van der Waals surface area contributed by atoms with Gasteiger partial charge in [-0.05, 0) is 49.1 Å². The van der Waals surface area contributed by atoms with Gasteiger partial charge in [0.1, 0.15) is 11.9 Å². The molecular formula is C24H24F4N2O4S2. The number of hydrogen-bond donors (Lipinski definition) is 1. The van der Waals surface area contributed by atoms with E-state index in [4.69, 9.17) is 0 Å². The molecule has 1 unspecified atom stereocenters. The van der Waals surface area contributed by atoms with Gasteiger partial charge in [-0.2, -0.15) is 24.9 Å². The smallest absolute Gasteiger partial charge is 0.347 e. The van der Waals surface area contributed by atoms with Crippen molar-refractivity contribution in [2.24, 2.45) is 5.92 Å². The molecule has 2 aliphatic rings. The van der Waals surface area contributed by atoms with Crippen molar-refractivity contribution in [2.45, 2.75) is 36.0 Å². The fourth-order valence-electron chi connectivity index (χ4n) is 4.17. The lowest BCUT2D eigenvalue weighted by Crippen LogP contribution is -2.54. The average Bonchev–Trinajstić information content (AvgIpc) is 3.66. The van der Waals surface area contributed by atoms with Gasteiger partial charge in [-0.15, -0.1) is 0 Å². The van der Waals surface area contributed by atoms with Crippen LogP contribution in [-0.2, 0) is 20.8 Å². The number of benzene rings is 2. The van der Waals surface area contributed by atoms with Crippen LogP contribution in [0.15, 0.2) is 47.4 Å². The van der Waals surface area contributed by atoms with Crippen molar-refractivity contribution in [3.63, 3.8) is 0 Å². The van der Waals surface area contributed by atoms with Gasteiger partial charge in [0.15, 0.2) is 9.84 Å². The second kappa shape index (κ2) is 10.0. The van der Waals surface area contributed by atoms with Gasteiger partial charge >= 0.3 is 6.18 Å². The van der Waals surface area contributed by atoms with Gasteiger partial charge in [-0.3, -0.25) is 9.59 Å². The number of alkyl halides is 3. The van der Waals surface area contributed by atoms with Gasteiger partial charge in [0.25, 0.3) is 5.91 Å². The third kappa shape index (κ3) is 5.86. The monoisotopic (exact) mass is 544 g/mol. The van der Waals surface area contributed by atoms with Crippen LogP contribution >= 0.6 is 11.8 Å². The molecule has 194 valence electrons. The summed E-state index contributed by atoms with van der Waals surface area (Å²) in [6.07, 6.45) is -2.29. The Morgan fingerprint density at radius 1 is 1.14 bits per heavy atom. The largest absolute Gasteiger partial charge is 0.416 e. The van der Waals surface area contributed by atoms with E-state index in [9.17, 15) is 35.6 Å². The van der Waals surface area contributed by atoms with Gasteiger partial charge < -0.3 is 10.2 Å². The second-order valence-electron chi connectivity index (χ2n) is 8.95. The summed E-state index contributed by atoms with van der Waals surface area (Å²) >= 11 is 1.46. The van der Waals surface area contributed by atoms with E-state index >= 15 is 0 Å². The average molecular weight is 545 g/mol. The third-order valence-corrected chi connectivity index (χ3v) is 8.39. The van der Waals surface area contributed by atoms with E-state index < -0.39 is 51.3 Å². The standard InChI is InChI=1S/C24H24F4N2O4S2/c1-36(33,34)17-4-2-3-15(11-17)23(32)30-9-10-35-13-20(30)22(31)29-21(14-5-6-14)18-8-7-16(12-19(18)25)24(26,27)28/h2-4,7-8,11-12,14,20-21H,5-6,9-10,13H2,1H3,(H,29,31)/t20-,21?/m1/s1. The number of carbonyl (C=O) groups is 2. The first kappa shape index (κ1) is 26.5. The Balaban J connectivity index is 1.56. The first-order chi connectivity index (χ1) is 16.9. The van der Waals surface area contributed by atoms with Gasteiger partial charge in [-0.25, -0.2) is 12.8 Å². The fourth-order valence-corrected chi connectivity index (χ4v) is 5.89. The maximum Gasteiger partial charge on any atom is 0.416 e. The van der Waals surface area contributed by atoms with Crippen LogP contribution in [0.2, 0.25) is 0 Å². The molecule has 1 aliphatic carbocycles. The molecule has 2 aromatic rings. The van der Waals surface area contributed by atoms with E-state index in [2.05, 4.69) is 5.32 Å². The highest BCUT2D eigenvalue weighted by atomic mass is 32.2. The summed E-state index contributed by atoms with van der Waals surface area (Å²) < 4.78 is 77.4. The van der Waals surface area contributed by atoms with Gasteiger partial charge in [0.2, 0.25) is 5.91 Å². The van der Waals surface area contributed by atoms with Crippen LogP contribution in [0.5, 0.6) is 0 Å². The quantitative estimate of drug-likeness (QED) is 0.555. The van der Waals surface area contributed by atoms with Gasteiger partial charge in [0.05, 0.1) is 16.5 Å². The topological polar surface area (TPSA) is 83.6 Å². The Labute approximate surface area is 210 Å². The lowest BCUT2D eigenvalue weighted by Gasteiger charge is -2.35. The first-order valence-electron chi connectivity index (χ1n) is 11.2. The van der Waals surface area contributed by atoms with E-state index in [0.717, 1.165) is 18.4 Å². The Bertz CT molecular complexity index is 1280. The van der Waals surface area contributed by atoms with E-state index in [-0.39, 0.29) is 34.2 Å². The molecule has 0 aromatic heterocycles. The van der Waals surface area contributed by atoms with Crippen molar-refractivity contribution >= 4 is 33.4 Å². The van der Waals surface area contributed by atoms with Crippen LogP contribution in [0, 0.1) is 11.7 Å². The second-order valence-corrected chi connectivity index (χ2v) is 12.1. The summed E-state index contributed by atoms with van der Waals surface area (Å²) in [5.41, 5.74) is -1.02. The molecule has 1 N–H and O–H groups in total. The molecule has 1 aliphatic heterocycles. The number of amides is 2. The van der Waals surface area contributed by atoms with E-state index in [1.54, 1.807) is 0 Å². The molecule has 2 aromatic carbocycles. The van der Waals surface area contributed by atoms with Crippen molar-refractivity contribution in [1.82, 2.24) is 10.2 Å². The van der Waals surface area contributed by atoms with Gasteiger partial charge in [0, 0.05) is 35.4 Å². The molecule has 0 radical (unpaired) electrons. The Morgan fingerprint density at radius 3 is 2.47 bits per heavy atom. The minimum atomic E-state index is -4.69. The molecule has 2 fully saturated rings. The molecule has 0 spiro atoms. The zero-order chi connectivity index (χ0) is 26.3. The third-order valence-electron chi connectivity index (χ3n) is 6.26. The lowest BCUT2D eigenvalue weighted by atomic mass is 9.99. The number of rotatable bonds is 6. The summed E-state index contributed by atoms with van der Waals surface area (Å²) in [6, 6.07) is 6.11. The fraction of sp³-hybridized carbons (Fsp3) is 0.417. The maximum atomic E-state index is 14.7. The predicted molar refractivity (Wildman–Crippen MR) is 127 cm³/mol. The molecule has 4 rings (SSSR count). The molecule has 2 atom stereocenters. The van der Waals surface area contributed by atoms with Gasteiger partial charge in [-0.1, -0.05) is 12.1 Å². The summed E-state index contributed by atoms with van der Waals surface area (Å²) in [7, 11) is -3.55. The van der Waals surface area contributed by atoms with Crippen molar-refractivity contribution in [1.29, 1.82) is 0 Å². The number of halogens is 4. The summed E-state index contributed by atoms with van der Waals surface area (Å²) in [6.45, 7) is 0.243. The molecule has 6 nitrogen and oxygen atoms in total. The van der Waals surface area contributed by atoms with Crippen LogP contribution in [0.3, 0.4) is 0 Å². The molecular weight excluding hydrogens is 520 g/mol. The number of nitrogens with one attached hydrogen (secondary N) is 1. The number of sulfone groups is 1. The normalized spacial score (nSPS) is 19.6. The number of nitrogens with zero attached hydrogens (tertiary/aromatic N) is 1. The minimum absolute atomic E-state index is 0.0210. The first-order valence-corrected chi connectivity index (χ1v) is 14.3. The number of thioether (sulfide) groups is 1. The Hall–Kier alpha value is -2.60. The van der Waals surface area contributed by atoms with E-state index in [0.29, 0.717) is 24.7 Å². The summed E-state index contributed by atoms with van der Waals surface area (Å²) in [4.78, 5) is 27.9. The molecule has 2 amide bonds. The molecule has 1 saturated heterocycles. The molecule has 1 heterocycles. The van der Waals surface area contributed by atoms with Crippen LogP contribution in [-0.4, -0.2) is 55.5 Å². The molecule has 12 heteroatoms. The highest BCUT2D eigenvalue weighted by molar-refractivity contribution is 7.99. The Morgan fingerprint density at radius 2 is 1.86 bits per heavy atom. The van der Waals surface area contributed by atoms with Crippen LogP contribution in [0.1, 0.15) is 40.4 Å². The van der Waals surface area contributed by atoms with Crippen molar-refractivity contribution in [2.75, 3.05) is 24.3 Å². The highest BCUT2D eigenvalue weighted by Crippen LogP contribution is 2.43. The van der Waals surface area contributed by atoms with Crippen molar-refractivity contribution in [3.8, 4) is 0 Å². The summed E-state index contributed by atoms with van der Waals surface area (Å²) in [5.74, 6) is -1.37. The lowest BCUT2D eigenvalue weighted by molar-refractivity contribution is -0.137. The zero-order valence-corrected chi connectivity index (χ0v) is 20.9. The van der Waals surface area contributed by atoms with Crippen LogP contribution in [0.4, 0.5) is 17.6 Å². The highest BCUT2D eigenvalue weighted by Gasteiger charge is 2.40. The predicted octanol–water partition coefficient (Wildman–Crippen LogP) is 4.07. The number of hydrogen-bond acceptors (Lipinski definition) is 5. The van der Waals surface area contributed by atoms with E-state index in [1.807, 2.05) is 0 Å². The van der Waals surface area contributed by atoms with E-state index in [1.165, 1.54) is 40.9 Å². The SMILES string of the molecule is CS(=O)(=O)c1cccc(C(=O)N2CCSC[C@@H]2C(=O)NC(c2ccc(C(F)(F)F)cc2F)C2CC2)c1. The minimum Gasteiger partial charge on any atom is -0.347 e. The number of carbonyl (C=O) groups excluding carboxylic acids is 2. The zero-order valence-electron chi connectivity index (χ0n) is 19.2. The Kier molecular flexibility index (Phi) is 7.38. The van der Waals surface area contributed by atoms with Crippen molar-refractivity contribution < 1.29 is 35.6 Å². The molecule has 0 bridgehead atoms. The maximum absolute atomic E-state index is 14.7. The van der Waals surface area contributed by atoms with Crippen LogP contribution in [0.25, 0.3) is 0 Å². The summed E-state index contributed by atoms with van der Waals surface area (Å²) in [5, 5.41) is 2.77. The van der Waals surface area contributed by atoms with Crippen LogP contribution < -0.4 is 5.32 Å². The van der Waals surface area contributed by atoms with Crippen molar-refractivity contribution in [3.05, 3.63) is 65.0 Å². The molecule has 1 saturated carbocycles.